The number of piperidine rings is 1. The summed E-state index contributed by atoms with van der Waals surface area (Å²) in [5.41, 5.74) is 1.32. The van der Waals surface area contributed by atoms with Gasteiger partial charge in [-0.25, -0.2) is 24.5 Å². The van der Waals surface area contributed by atoms with Crippen LogP contribution in [-0.2, 0) is 4.74 Å². The number of anilines is 2. The van der Waals surface area contributed by atoms with Crippen molar-refractivity contribution < 1.29 is 24.2 Å². The van der Waals surface area contributed by atoms with Crippen molar-refractivity contribution in [3.63, 3.8) is 0 Å². The summed E-state index contributed by atoms with van der Waals surface area (Å²) in [5.74, 6) is -1.02. The Labute approximate surface area is 254 Å². The summed E-state index contributed by atoms with van der Waals surface area (Å²) in [4.78, 5) is 56.6. The molecule has 3 aromatic rings. The van der Waals surface area contributed by atoms with Crippen molar-refractivity contribution in [2.75, 3.05) is 56.6 Å². The number of nitrogens with one attached hydrogen (secondary N) is 4. The first-order chi connectivity index (χ1) is 20.2. The van der Waals surface area contributed by atoms with Crippen LogP contribution in [0.2, 0.25) is 10.0 Å². The number of carboxylic acids is 1. The number of carboxylic acid groups (broad SMARTS) is 1. The number of hydrogen-bond acceptors (Lipinski definition) is 10. The van der Waals surface area contributed by atoms with Gasteiger partial charge < -0.3 is 40.6 Å². The number of rotatable bonds is 10. The number of urea groups is 1. The van der Waals surface area contributed by atoms with Gasteiger partial charge >= 0.3 is 12.0 Å². The number of amides is 3. The summed E-state index contributed by atoms with van der Waals surface area (Å²) in [6.07, 6.45) is 3.09. The molecular weight excluding hydrogens is 609 g/mol. The van der Waals surface area contributed by atoms with Crippen molar-refractivity contribution in [2.45, 2.75) is 25.5 Å². The lowest BCUT2D eigenvalue weighted by Crippen LogP contribution is -2.55. The molecular formula is C25H29Cl2N9O5S. The third-order valence-electron chi connectivity index (χ3n) is 7.07. The molecule has 2 saturated heterocycles. The van der Waals surface area contributed by atoms with Gasteiger partial charge in [0, 0.05) is 52.1 Å². The molecule has 3 amide bonds. The topological polar surface area (TPSA) is 178 Å². The maximum atomic E-state index is 12.9. The summed E-state index contributed by atoms with van der Waals surface area (Å²) in [6.45, 7) is 4.90. The van der Waals surface area contributed by atoms with Crippen molar-refractivity contribution in [1.82, 2.24) is 35.5 Å². The fourth-order valence-corrected chi connectivity index (χ4v) is 6.18. The van der Waals surface area contributed by atoms with Gasteiger partial charge in [0.25, 0.3) is 5.91 Å². The number of aromatic nitrogens is 4. The van der Waals surface area contributed by atoms with Crippen LogP contribution in [0.3, 0.4) is 0 Å². The van der Waals surface area contributed by atoms with Gasteiger partial charge in [-0.3, -0.25) is 4.79 Å². The summed E-state index contributed by atoms with van der Waals surface area (Å²) < 4.78 is 5.68. The van der Waals surface area contributed by atoms with Crippen molar-refractivity contribution >= 4 is 63.4 Å². The van der Waals surface area contributed by atoms with Gasteiger partial charge in [-0.1, -0.05) is 34.5 Å². The maximum Gasteiger partial charge on any atom is 0.348 e. The minimum Gasteiger partial charge on any atom is -0.477 e. The van der Waals surface area contributed by atoms with E-state index in [0.29, 0.717) is 73.0 Å². The van der Waals surface area contributed by atoms with Gasteiger partial charge in [0.1, 0.15) is 27.8 Å². The molecule has 0 aromatic carbocycles. The first-order valence-electron chi connectivity index (χ1n) is 13.1. The molecule has 0 saturated carbocycles. The van der Waals surface area contributed by atoms with E-state index in [1.54, 1.807) is 18.9 Å². The van der Waals surface area contributed by atoms with Crippen LogP contribution in [0.1, 0.15) is 32.3 Å². The Morgan fingerprint density at radius 3 is 2.67 bits per heavy atom. The maximum absolute atomic E-state index is 12.9. The average molecular weight is 639 g/mol. The van der Waals surface area contributed by atoms with Crippen molar-refractivity contribution in [3.8, 4) is 11.4 Å². The molecule has 224 valence electrons. The van der Waals surface area contributed by atoms with Crippen molar-refractivity contribution in [1.29, 1.82) is 0 Å². The highest BCUT2D eigenvalue weighted by molar-refractivity contribution is 7.17. The lowest BCUT2D eigenvalue weighted by molar-refractivity contribution is 0.0540. The molecule has 5 heterocycles. The second-order valence-electron chi connectivity index (χ2n) is 9.75. The number of ether oxygens (including phenoxy) is 1. The first kappa shape index (κ1) is 29.8. The Balaban J connectivity index is 1.24. The fourth-order valence-electron chi connectivity index (χ4n) is 4.81. The second-order valence-corrected chi connectivity index (χ2v) is 11.5. The summed E-state index contributed by atoms with van der Waals surface area (Å²) in [7, 11) is 1.55. The molecule has 2 fully saturated rings. The second kappa shape index (κ2) is 12.7. The zero-order chi connectivity index (χ0) is 30.0. The molecule has 0 unspecified atom stereocenters. The number of carbonyl (C=O) groups is 3. The third-order valence-corrected chi connectivity index (χ3v) is 9.12. The van der Waals surface area contributed by atoms with Gasteiger partial charge in [0.05, 0.1) is 34.6 Å². The van der Waals surface area contributed by atoms with E-state index in [1.807, 2.05) is 4.90 Å². The summed E-state index contributed by atoms with van der Waals surface area (Å²) in [5, 5.41) is 19.7. The monoisotopic (exact) mass is 637 g/mol. The lowest BCUT2D eigenvalue weighted by atomic mass is 10.0. The summed E-state index contributed by atoms with van der Waals surface area (Å²) in [6, 6.07) is -0.409. The van der Waals surface area contributed by atoms with Crippen LogP contribution < -0.4 is 20.9 Å². The minimum atomic E-state index is -1.12. The van der Waals surface area contributed by atoms with Crippen LogP contribution in [0.5, 0.6) is 0 Å². The zero-order valence-electron chi connectivity index (χ0n) is 22.7. The number of halogens is 2. The molecule has 2 aliphatic rings. The van der Waals surface area contributed by atoms with Gasteiger partial charge in [0.2, 0.25) is 0 Å². The number of aromatic carboxylic acids is 1. The molecule has 2 aliphatic heterocycles. The minimum absolute atomic E-state index is 0.0399. The quantitative estimate of drug-likeness (QED) is 0.222. The van der Waals surface area contributed by atoms with E-state index in [0.717, 1.165) is 11.3 Å². The zero-order valence-corrected chi connectivity index (χ0v) is 25.1. The van der Waals surface area contributed by atoms with E-state index in [1.165, 1.54) is 12.4 Å². The van der Waals surface area contributed by atoms with Gasteiger partial charge in [-0.15, -0.1) is 0 Å². The number of methoxy groups -OCH3 is 1. The number of hydrogen-bond donors (Lipinski definition) is 5. The number of nitrogens with zero attached hydrogens (tertiary/aromatic N) is 5. The normalized spacial score (nSPS) is 18.7. The van der Waals surface area contributed by atoms with E-state index in [4.69, 9.17) is 27.9 Å². The number of thiazole rings is 1. The standard InChI is InChI=1S/C25H29Cl2N9O5S/c1-12-17(26)18(27)20(32-12)22(37)33-13-3-6-36(11-15(13)41-2)25-34-19(21(42-25)23(38)39)14-9-31-16(10-30-14)28-4-7-35-8-5-29-24(35)40/h9-10,13,15,32H,3-8,11H2,1-2H3,(H,28,31)(H,29,40)(H,33,37)(H,38,39)/t13-,15+/m1/s1. The predicted octanol–water partition coefficient (Wildman–Crippen LogP) is 2.70. The van der Waals surface area contributed by atoms with E-state index < -0.39 is 18.0 Å². The highest BCUT2D eigenvalue weighted by atomic mass is 35.5. The third kappa shape index (κ3) is 6.23. The van der Waals surface area contributed by atoms with Crippen LogP contribution >= 0.6 is 34.5 Å². The Morgan fingerprint density at radius 2 is 2.05 bits per heavy atom. The van der Waals surface area contributed by atoms with E-state index in [9.17, 15) is 19.5 Å². The number of H-pyrrole nitrogens is 1. The highest BCUT2D eigenvalue weighted by Crippen LogP contribution is 2.34. The highest BCUT2D eigenvalue weighted by Gasteiger charge is 2.34. The molecule has 0 aliphatic carbocycles. The Hall–Kier alpha value is -3.66. The Kier molecular flexibility index (Phi) is 9.01. The Bertz CT molecular complexity index is 1480. The molecule has 0 spiro atoms. The van der Waals surface area contributed by atoms with Crippen LogP contribution in [0.25, 0.3) is 11.4 Å². The van der Waals surface area contributed by atoms with E-state index >= 15 is 0 Å². The lowest BCUT2D eigenvalue weighted by Gasteiger charge is -2.37. The SMILES string of the molecule is CO[C@H]1CN(c2nc(-c3cnc(NCCN4CCNC4=O)cn3)c(C(=O)O)s2)CC[C@H]1NC(=O)c1[nH]c(C)c(Cl)c1Cl. The molecule has 0 bridgehead atoms. The van der Waals surface area contributed by atoms with Crippen LogP contribution in [-0.4, -0.2) is 106 Å². The smallest absolute Gasteiger partial charge is 0.348 e. The molecule has 3 aromatic heterocycles. The molecule has 17 heteroatoms. The first-order valence-corrected chi connectivity index (χ1v) is 14.7. The summed E-state index contributed by atoms with van der Waals surface area (Å²) >= 11 is 13.4. The van der Waals surface area contributed by atoms with Crippen molar-refractivity contribution in [3.05, 3.63) is 38.7 Å². The van der Waals surface area contributed by atoms with Gasteiger partial charge in [-0.2, -0.15) is 0 Å². The van der Waals surface area contributed by atoms with Crippen LogP contribution in [0, 0.1) is 6.92 Å². The number of aryl methyl sites for hydroxylation is 1. The van der Waals surface area contributed by atoms with E-state index in [2.05, 4.69) is 35.9 Å². The molecule has 2 atom stereocenters. The van der Waals surface area contributed by atoms with E-state index in [-0.39, 0.29) is 33.4 Å². The number of aromatic amines is 1. The predicted molar refractivity (Wildman–Crippen MR) is 158 cm³/mol. The van der Waals surface area contributed by atoms with Gasteiger partial charge in [0.15, 0.2) is 5.13 Å². The average Bonchev–Trinajstić information content (AvgIpc) is 3.68. The fraction of sp³-hybridized carbons (Fsp3) is 0.440. The molecule has 0 radical (unpaired) electrons. The Morgan fingerprint density at radius 1 is 1.24 bits per heavy atom. The molecule has 14 nitrogen and oxygen atoms in total. The molecule has 42 heavy (non-hydrogen) atoms. The molecule has 5 N–H and O–H groups in total. The van der Waals surface area contributed by atoms with Crippen molar-refractivity contribution in [2.24, 2.45) is 0 Å². The largest absolute Gasteiger partial charge is 0.477 e. The van der Waals surface area contributed by atoms with Gasteiger partial charge in [-0.05, 0) is 13.3 Å². The molecule has 5 rings (SSSR count). The number of carbonyl (C=O) groups excluding carboxylic acids is 2. The van der Waals surface area contributed by atoms with Crippen LogP contribution in [0.4, 0.5) is 15.7 Å². The van der Waals surface area contributed by atoms with Crippen LogP contribution in [0.15, 0.2) is 12.4 Å².